The molecule has 14 N–H and O–H groups in total. The van der Waals surface area contributed by atoms with E-state index < -0.39 is 155 Å². The van der Waals surface area contributed by atoms with Crippen molar-refractivity contribution in [3.05, 3.63) is 12.2 Å². The van der Waals surface area contributed by atoms with Gasteiger partial charge >= 0.3 is 5.97 Å². The Morgan fingerprint density at radius 2 is 0.869 bits per heavy atom. The maximum absolute atomic E-state index is 13.6. The largest absolute Gasteiger partial charge is 0.477 e. The lowest BCUT2D eigenvalue weighted by Crippen LogP contribution is -2.70. The average molecular weight is 1530 g/mol. The number of unbranched alkanes of at least 4 members (excludes halogenated alkanes) is 50. The molecular formula is C84H158N2O21. The van der Waals surface area contributed by atoms with Crippen LogP contribution in [-0.4, -0.2) is 215 Å². The molecule has 2 amide bonds. The van der Waals surface area contributed by atoms with Crippen LogP contribution in [0.25, 0.3) is 0 Å². The molecule has 3 fully saturated rings. The lowest BCUT2D eigenvalue weighted by atomic mass is 9.88. The highest BCUT2D eigenvalue weighted by Crippen LogP contribution is 2.39. The van der Waals surface area contributed by atoms with Crippen molar-refractivity contribution >= 4 is 17.8 Å². The van der Waals surface area contributed by atoms with Gasteiger partial charge in [-0.3, -0.25) is 9.59 Å². The Morgan fingerprint density at radius 1 is 0.486 bits per heavy atom. The first kappa shape index (κ1) is 98.7. The van der Waals surface area contributed by atoms with Crippen LogP contribution in [0.15, 0.2) is 12.2 Å². The monoisotopic (exact) mass is 1530 g/mol. The van der Waals surface area contributed by atoms with E-state index in [0.29, 0.717) is 12.8 Å². The van der Waals surface area contributed by atoms with E-state index in [0.717, 1.165) is 51.9 Å². The second kappa shape index (κ2) is 62.9. The fourth-order valence-electron chi connectivity index (χ4n) is 15.4. The molecule has 23 nitrogen and oxygen atoms in total. The molecular weight excluding hydrogens is 1370 g/mol. The summed E-state index contributed by atoms with van der Waals surface area (Å²) in [5, 5.41) is 136. The van der Waals surface area contributed by atoms with E-state index >= 15 is 0 Å². The molecule has 3 aliphatic heterocycles. The molecule has 18 atom stereocenters. The summed E-state index contributed by atoms with van der Waals surface area (Å²) in [7, 11) is 0. The van der Waals surface area contributed by atoms with Gasteiger partial charge in [-0.1, -0.05) is 341 Å². The number of carbonyl (C=O) groups excluding carboxylic acids is 2. The number of hydrogen-bond acceptors (Lipinski definition) is 20. The van der Waals surface area contributed by atoms with Crippen LogP contribution in [0.4, 0.5) is 0 Å². The standard InChI is InChI=1S/C84H158N2O21/c1-4-6-8-10-12-14-16-18-20-22-24-25-26-27-28-29-30-31-32-33-34-35-36-37-38-39-40-42-44-46-48-50-52-54-56-58-71(94)86-65(66(91)57-55-53-51-49-47-45-43-41-23-21-19-17-15-13-11-9-7-5-2)63-102-81-76(98)75(97)78(70(62-89)104-81)105-82-77(99)80(74(96)69(61-88)103-82)107-84(83(100)101)59-67(92)72(85-64(3)90)79(106-84)73(95)68(93)60-87/h55,57,65-70,72-82,87-89,91-93,95-99H,4-54,56,58-63H2,1-3H3,(H,85,90)(H,86,94)(H,100,101)/b57-55+. The Kier molecular flexibility index (Phi) is 58.0. The minimum absolute atomic E-state index is 0.206. The van der Waals surface area contributed by atoms with Gasteiger partial charge < -0.3 is 100 Å². The van der Waals surface area contributed by atoms with Crippen LogP contribution in [0, 0.1) is 0 Å². The van der Waals surface area contributed by atoms with Crippen LogP contribution < -0.4 is 10.6 Å². The number of allylic oxidation sites excluding steroid dienone is 1. The summed E-state index contributed by atoms with van der Waals surface area (Å²) in [5.41, 5.74) is 0. The molecule has 3 aliphatic rings. The quantitative estimate of drug-likeness (QED) is 0.0199. The molecule has 0 radical (unpaired) electrons. The number of carbonyl (C=O) groups is 3. The van der Waals surface area contributed by atoms with E-state index in [4.69, 9.17) is 28.4 Å². The van der Waals surface area contributed by atoms with E-state index in [2.05, 4.69) is 24.5 Å². The summed E-state index contributed by atoms with van der Waals surface area (Å²) in [5.74, 6) is -6.13. The van der Waals surface area contributed by atoms with Crippen LogP contribution >= 0.6 is 0 Å². The van der Waals surface area contributed by atoms with Gasteiger partial charge in [0.15, 0.2) is 12.6 Å². The minimum atomic E-state index is -3.08. The van der Waals surface area contributed by atoms with Crippen molar-refractivity contribution in [3.8, 4) is 0 Å². The van der Waals surface area contributed by atoms with Gasteiger partial charge in [0.25, 0.3) is 5.79 Å². The van der Waals surface area contributed by atoms with Crippen molar-refractivity contribution in [2.24, 2.45) is 0 Å². The molecule has 0 aromatic rings. The van der Waals surface area contributed by atoms with Gasteiger partial charge in [-0.25, -0.2) is 4.79 Å². The van der Waals surface area contributed by atoms with Crippen molar-refractivity contribution in [2.45, 2.75) is 477 Å². The first-order chi connectivity index (χ1) is 51.9. The number of carboxylic acids is 1. The van der Waals surface area contributed by atoms with Crippen LogP contribution in [0.5, 0.6) is 0 Å². The maximum Gasteiger partial charge on any atom is 0.364 e. The molecule has 23 heteroatoms. The lowest BCUT2D eigenvalue weighted by molar-refractivity contribution is -0.386. The number of hydrogen-bond donors (Lipinski definition) is 14. The smallest absolute Gasteiger partial charge is 0.364 e. The van der Waals surface area contributed by atoms with Gasteiger partial charge in [0.1, 0.15) is 67.1 Å². The number of nitrogens with one attached hydrogen (secondary N) is 2. The maximum atomic E-state index is 13.6. The zero-order valence-corrected chi connectivity index (χ0v) is 67.0. The fraction of sp³-hybridized carbons (Fsp3) is 0.940. The van der Waals surface area contributed by atoms with E-state index in [-0.39, 0.29) is 12.3 Å². The van der Waals surface area contributed by atoms with E-state index in [1.54, 1.807) is 6.08 Å². The molecule has 630 valence electrons. The molecule has 3 rings (SSSR count). The number of carboxylic acid groups (broad SMARTS) is 1. The molecule has 18 unspecified atom stereocenters. The third kappa shape index (κ3) is 42.4. The Bertz CT molecular complexity index is 2170. The second-order valence-electron chi connectivity index (χ2n) is 31.8. The molecule has 107 heavy (non-hydrogen) atoms. The summed E-state index contributed by atoms with van der Waals surface area (Å²) in [6.07, 6.45) is 41.3. The predicted molar refractivity (Wildman–Crippen MR) is 417 cm³/mol. The first-order valence-electron chi connectivity index (χ1n) is 43.6. The summed E-state index contributed by atoms with van der Waals surface area (Å²) < 4.78 is 34.9. The highest BCUT2D eigenvalue weighted by molar-refractivity contribution is 5.77. The summed E-state index contributed by atoms with van der Waals surface area (Å²) in [4.78, 5) is 38.7. The molecule has 0 aromatic heterocycles. The highest BCUT2D eigenvalue weighted by Gasteiger charge is 2.60. The fourth-order valence-corrected chi connectivity index (χ4v) is 15.4. The number of rotatable bonds is 70. The Labute approximate surface area is 645 Å². The van der Waals surface area contributed by atoms with Gasteiger partial charge in [0.2, 0.25) is 11.8 Å². The Morgan fingerprint density at radius 3 is 1.24 bits per heavy atom. The molecule has 3 heterocycles. The van der Waals surface area contributed by atoms with Crippen LogP contribution in [0.1, 0.15) is 367 Å². The van der Waals surface area contributed by atoms with Gasteiger partial charge in [-0.2, -0.15) is 0 Å². The predicted octanol–water partition coefficient (Wildman–Crippen LogP) is 12.9. The van der Waals surface area contributed by atoms with Gasteiger partial charge in [0.05, 0.1) is 50.7 Å². The van der Waals surface area contributed by atoms with Crippen molar-refractivity contribution in [1.82, 2.24) is 10.6 Å². The highest BCUT2D eigenvalue weighted by atomic mass is 16.8. The Balaban J connectivity index is 1.43. The third-order valence-corrected chi connectivity index (χ3v) is 22.2. The molecule has 0 aliphatic carbocycles. The number of aliphatic hydroxyl groups is 11. The average Bonchev–Trinajstić information content (AvgIpc) is 0.754. The first-order valence-corrected chi connectivity index (χ1v) is 43.6. The van der Waals surface area contributed by atoms with Crippen LogP contribution in [0.2, 0.25) is 0 Å². The van der Waals surface area contributed by atoms with Crippen molar-refractivity contribution < 1.29 is 104 Å². The SMILES string of the molecule is CCCCCCCCCCCCCCCCCC/C=C/C(O)C(COC1OC(CO)C(OC2OC(CO)C(O)C(OC3(C(=O)O)CC(O)C(NC(C)=O)C(C(O)C(O)CO)O3)C2O)C(O)C1O)NC(=O)CCCCCCCCCCCCCCCCCCCCCCCCCCCCCCCCCCCCC. The van der Waals surface area contributed by atoms with Crippen molar-refractivity contribution in [1.29, 1.82) is 0 Å². The lowest BCUT2D eigenvalue weighted by Gasteiger charge is -2.50. The number of ether oxygens (including phenoxy) is 6. The van der Waals surface area contributed by atoms with Crippen LogP contribution in [0.3, 0.4) is 0 Å². The molecule has 0 aromatic carbocycles. The van der Waals surface area contributed by atoms with Gasteiger partial charge in [0, 0.05) is 19.8 Å². The summed E-state index contributed by atoms with van der Waals surface area (Å²) in [6.45, 7) is 2.20. The number of amides is 2. The molecule has 0 spiro atoms. The van der Waals surface area contributed by atoms with E-state index in [1.165, 1.54) is 276 Å². The summed E-state index contributed by atoms with van der Waals surface area (Å²) in [6, 6.07) is -2.62. The Hall–Kier alpha value is -2.53. The number of aliphatic carboxylic acids is 1. The third-order valence-electron chi connectivity index (χ3n) is 22.2. The van der Waals surface area contributed by atoms with Gasteiger partial charge in [-0.15, -0.1) is 0 Å². The molecule has 0 bridgehead atoms. The molecule has 3 saturated heterocycles. The molecule has 0 saturated carbocycles. The van der Waals surface area contributed by atoms with Gasteiger partial charge in [-0.05, 0) is 19.3 Å². The van der Waals surface area contributed by atoms with Crippen LogP contribution in [-0.2, 0) is 42.8 Å². The van der Waals surface area contributed by atoms with Crippen molar-refractivity contribution in [2.75, 3.05) is 26.4 Å². The number of aliphatic hydroxyl groups excluding tert-OH is 11. The van der Waals surface area contributed by atoms with E-state index in [1.807, 2.05) is 6.08 Å². The summed E-state index contributed by atoms with van der Waals surface area (Å²) >= 11 is 0. The van der Waals surface area contributed by atoms with E-state index in [9.17, 15) is 75.7 Å². The topological polar surface area (TPSA) is 373 Å². The second-order valence-corrected chi connectivity index (χ2v) is 31.8. The zero-order chi connectivity index (χ0) is 78.1. The minimum Gasteiger partial charge on any atom is -0.477 e. The van der Waals surface area contributed by atoms with Crippen molar-refractivity contribution in [3.63, 3.8) is 0 Å². The normalized spacial score (nSPS) is 26.0. The zero-order valence-electron chi connectivity index (χ0n) is 67.0.